The van der Waals surface area contributed by atoms with Crippen molar-refractivity contribution in [1.82, 2.24) is 0 Å². The third-order valence-corrected chi connectivity index (χ3v) is 4.67. The number of halogens is 3. The highest BCUT2D eigenvalue weighted by Crippen LogP contribution is 2.36. The number of alkyl halides is 2. The number of hydrogen-bond acceptors (Lipinski definition) is 3. The molecule has 1 fully saturated rings. The fraction of sp³-hybridized carbons (Fsp3) is 0.571. The van der Waals surface area contributed by atoms with Crippen molar-refractivity contribution in [2.24, 2.45) is 5.41 Å². The summed E-state index contributed by atoms with van der Waals surface area (Å²) in [5, 5.41) is 3.29. The molecular formula is C14H18F3NOS. The van der Waals surface area contributed by atoms with E-state index in [0.717, 1.165) is 17.9 Å². The zero-order valence-electron chi connectivity index (χ0n) is 11.5. The van der Waals surface area contributed by atoms with E-state index in [0.29, 0.717) is 5.69 Å². The van der Waals surface area contributed by atoms with Gasteiger partial charge in [-0.2, -0.15) is 20.5 Å². The average Bonchev–Trinajstić information content (AvgIpc) is 2.35. The normalized spacial score (nSPS) is 21.8. The van der Waals surface area contributed by atoms with E-state index in [1.54, 1.807) is 6.07 Å². The summed E-state index contributed by atoms with van der Waals surface area (Å²) in [7, 11) is 0. The van der Waals surface area contributed by atoms with Crippen molar-refractivity contribution in [2.45, 2.75) is 32.9 Å². The summed E-state index contributed by atoms with van der Waals surface area (Å²) in [4.78, 5) is 0. The number of anilines is 1. The monoisotopic (exact) mass is 305 g/mol. The van der Waals surface area contributed by atoms with Gasteiger partial charge in [-0.05, 0) is 29.7 Å². The van der Waals surface area contributed by atoms with Gasteiger partial charge in [-0.15, -0.1) is 0 Å². The molecule has 1 heterocycles. The van der Waals surface area contributed by atoms with Crippen LogP contribution in [0.1, 0.15) is 20.3 Å². The summed E-state index contributed by atoms with van der Waals surface area (Å²) < 4.78 is 41.9. The van der Waals surface area contributed by atoms with Crippen LogP contribution in [0.25, 0.3) is 0 Å². The average molecular weight is 305 g/mol. The minimum absolute atomic E-state index is 0.125. The number of hydrogen-bond donors (Lipinski definition) is 1. The maximum absolute atomic E-state index is 13.7. The molecule has 0 radical (unpaired) electrons. The number of nitrogens with one attached hydrogen (secondary N) is 1. The maximum Gasteiger partial charge on any atom is 0.387 e. The van der Waals surface area contributed by atoms with Gasteiger partial charge in [0.15, 0.2) is 11.6 Å². The lowest BCUT2D eigenvalue weighted by Gasteiger charge is -2.39. The second-order valence-corrected chi connectivity index (χ2v) is 6.68. The van der Waals surface area contributed by atoms with Gasteiger partial charge in [-0.25, -0.2) is 4.39 Å². The van der Waals surface area contributed by atoms with Crippen molar-refractivity contribution in [3.8, 4) is 5.75 Å². The third-order valence-electron chi connectivity index (χ3n) is 3.61. The molecule has 1 N–H and O–H groups in total. The smallest absolute Gasteiger partial charge is 0.387 e. The van der Waals surface area contributed by atoms with Crippen molar-refractivity contribution in [2.75, 3.05) is 16.8 Å². The molecule has 2 rings (SSSR count). The number of ether oxygens (including phenoxy) is 1. The van der Waals surface area contributed by atoms with Crippen LogP contribution in [0.2, 0.25) is 0 Å². The molecule has 0 aliphatic carbocycles. The highest BCUT2D eigenvalue weighted by Gasteiger charge is 2.32. The molecule has 2 nitrogen and oxygen atoms in total. The summed E-state index contributed by atoms with van der Waals surface area (Å²) >= 11 is 1.86. The Balaban J connectivity index is 2.08. The molecule has 1 aromatic rings. The Morgan fingerprint density at radius 2 is 2.15 bits per heavy atom. The number of benzene rings is 1. The minimum atomic E-state index is -3.02. The fourth-order valence-electron chi connectivity index (χ4n) is 2.16. The lowest BCUT2D eigenvalue weighted by molar-refractivity contribution is -0.0521. The van der Waals surface area contributed by atoms with Gasteiger partial charge >= 0.3 is 6.61 Å². The molecule has 1 aromatic carbocycles. The minimum Gasteiger partial charge on any atom is -0.432 e. The lowest BCUT2D eigenvalue weighted by atomic mass is 9.82. The van der Waals surface area contributed by atoms with Crippen molar-refractivity contribution < 1.29 is 17.9 Å². The van der Waals surface area contributed by atoms with Crippen LogP contribution >= 0.6 is 11.8 Å². The molecule has 6 heteroatoms. The highest BCUT2D eigenvalue weighted by atomic mass is 32.2. The predicted molar refractivity (Wildman–Crippen MR) is 76.2 cm³/mol. The first-order valence-corrected chi connectivity index (χ1v) is 7.62. The van der Waals surface area contributed by atoms with E-state index in [9.17, 15) is 13.2 Å². The molecule has 0 aromatic heterocycles. The van der Waals surface area contributed by atoms with Crippen molar-refractivity contribution in [1.29, 1.82) is 0 Å². The van der Waals surface area contributed by atoms with E-state index in [-0.39, 0.29) is 11.5 Å². The Bertz CT molecular complexity index is 468. The van der Waals surface area contributed by atoms with Crippen LogP contribution in [-0.2, 0) is 0 Å². The van der Waals surface area contributed by atoms with Crippen molar-refractivity contribution in [3.63, 3.8) is 0 Å². The van der Waals surface area contributed by atoms with Crippen LogP contribution in [-0.4, -0.2) is 24.2 Å². The van der Waals surface area contributed by atoms with Gasteiger partial charge in [0.1, 0.15) is 0 Å². The molecular weight excluding hydrogens is 287 g/mol. The van der Waals surface area contributed by atoms with Crippen LogP contribution in [0.3, 0.4) is 0 Å². The van der Waals surface area contributed by atoms with Gasteiger partial charge in [-0.1, -0.05) is 13.8 Å². The van der Waals surface area contributed by atoms with Gasteiger partial charge in [0.2, 0.25) is 0 Å². The maximum atomic E-state index is 13.7. The Hall–Kier alpha value is -1.04. The molecule has 112 valence electrons. The number of rotatable bonds is 4. The predicted octanol–water partition coefficient (Wildman–Crippen LogP) is 4.37. The molecule has 1 unspecified atom stereocenters. The van der Waals surface area contributed by atoms with Crippen LogP contribution in [0.4, 0.5) is 18.9 Å². The largest absolute Gasteiger partial charge is 0.432 e. The van der Waals surface area contributed by atoms with E-state index >= 15 is 0 Å². The first-order valence-electron chi connectivity index (χ1n) is 6.47. The summed E-state index contributed by atoms with van der Waals surface area (Å²) in [5.41, 5.74) is 0.713. The van der Waals surface area contributed by atoms with Crippen LogP contribution in [0.15, 0.2) is 18.2 Å². The highest BCUT2D eigenvalue weighted by molar-refractivity contribution is 7.99. The van der Waals surface area contributed by atoms with E-state index in [1.807, 2.05) is 11.8 Å². The Morgan fingerprint density at radius 1 is 1.40 bits per heavy atom. The molecule has 1 aliphatic rings. The SMILES string of the molecule is CC1(C)CCSCC1Nc1ccc(OC(F)F)c(F)c1. The Kier molecular flexibility index (Phi) is 4.73. The topological polar surface area (TPSA) is 21.3 Å². The Labute approximate surface area is 121 Å². The van der Waals surface area contributed by atoms with E-state index in [4.69, 9.17) is 0 Å². The molecule has 0 spiro atoms. The first kappa shape index (κ1) is 15.4. The van der Waals surface area contributed by atoms with Crippen LogP contribution in [0, 0.1) is 11.2 Å². The fourth-order valence-corrected chi connectivity index (χ4v) is 3.76. The van der Waals surface area contributed by atoms with Crippen molar-refractivity contribution >= 4 is 17.4 Å². The summed E-state index contributed by atoms with van der Waals surface area (Å²) in [6.45, 7) is 1.33. The quantitative estimate of drug-likeness (QED) is 0.892. The van der Waals surface area contributed by atoms with Gasteiger partial charge in [0.05, 0.1) is 0 Å². The molecule has 0 bridgehead atoms. The van der Waals surface area contributed by atoms with Gasteiger partial charge in [0, 0.05) is 23.5 Å². The summed E-state index contributed by atoms with van der Waals surface area (Å²) in [6.07, 6.45) is 1.09. The molecule has 1 saturated heterocycles. The lowest BCUT2D eigenvalue weighted by Crippen LogP contribution is -2.41. The summed E-state index contributed by atoms with van der Waals surface area (Å²) in [6, 6.07) is 4.22. The van der Waals surface area contributed by atoms with E-state index < -0.39 is 18.2 Å². The number of thioether (sulfide) groups is 1. The van der Waals surface area contributed by atoms with Crippen LogP contribution in [0.5, 0.6) is 5.75 Å². The van der Waals surface area contributed by atoms with E-state index in [1.165, 1.54) is 12.1 Å². The molecule has 1 atom stereocenters. The van der Waals surface area contributed by atoms with E-state index in [2.05, 4.69) is 23.9 Å². The molecule has 20 heavy (non-hydrogen) atoms. The first-order chi connectivity index (χ1) is 9.38. The van der Waals surface area contributed by atoms with Crippen LogP contribution < -0.4 is 10.1 Å². The second-order valence-electron chi connectivity index (χ2n) is 5.53. The Morgan fingerprint density at radius 3 is 2.75 bits per heavy atom. The molecule has 0 saturated carbocycles. The second kappa shape index (κ2) is 6.16. The van der Waals surface area contributed by atoms with Gasteiger partial charge < -0.3 is 10.1 Å². The third kappa shape index (κ3) is 3.75. The standard InChI is InChI=1S/C14H18F3NOS/c1-14(2)5-6-20-8-12(14)18-9-3-4-11(10(15)7-9)19-13(16)17/h3-4,7,12-13,18H,5-6,8H2,1-2H3. The molecule has 0 amide bonds. The summed E-state index contributed by atoms with van der Waals surface area (Å²) in [5.74, 6) is 0.865. The van der Waals surface area contributed by atoms with Gasteiger partial charge in [-0.3, -0.25) is 0 Å². The zero-order chi connectivity index (χ0) is 14.8. The zero-order valence-corrected chi connectivity index (χ0v) is 12.3. The molecule has 1 aliphatic heterocycles. The van der Waals surface area contributed by atoms with Gasteiger partial charge in [0.25, 0.3) is 0 Å². The van der Waals surface area contributed by atoms with Crippen molar-refractivity contribution in [3.05, 3.63) is 24.0 Å².